The van der Waals surface area contributed by atoms with Crippen molar-refractivity contribution in [2.45, 2.75) is 0 Å². The van der Waals surface area contributed by atoms with E-state index < -0.39 is 0 Å². The van der Waals surface area contributed by atoms with Gasteiger partial charge in [0.2, 0.25) is 0 Å². The number of pyridine rings is 1. The van der Waals surface area contributed by atoms with Gasteiger partial charge in [-0.3, -0.25) is 0 Å². The maximum atomic E-state index is 5.07. The van der Waals surface area contributed by atoms with Gasteiger partial charge >= 0.3 is 0 Å². The molecule has 0 N–H and O–H groups in total. The van der Waals surface area contributed by atoms with Crippen LogP contribution in [0.4, 0.5) is 0 Å². The number of fused-ring (bicyclic) bond motifs is 3. The predicted octanol–water partition coefficient (Wildman–Crippen LogP) is 9.10. The molecular weight excluding hydrogens is 500 g/mol. The monoisotopic (exact) mass is 524 g/mol. The number of rotatable bonds is 4. The van der Waals surface area contributed by atoms with Crippen LogP contribution < -0.4 is 0 Å². The lowest BCUT2D eigenvalue weighted by Crippen LogP contribution is -1.96. The summed E-state index contributed by atoms with van der Waals surface area (Å²) in [5, 5.41) is 4.80. The number of benzene rings is 5. The first kappa shape index (κ1) is 23.3. The molecule has 0 spiro atoms. The fourth-order valence-corrected chi connectivity index (χ4v) is 5.43. The Morgan fingerprint density at radius 3 is 1.54 bits per heavy atom. The number of hydrogen-bond donors (Lipinski definition) is 0. The van der Waals surface area contributed by atoms with Crippen molar-refractivity contribution in [3.8, 4) is 45.2 Å². The molecule has 192 valence electrons. The number of aromatic nitrogens is 4. The lowest BCUT2D eigenvalue weighted by atomic mass is 10.0. The van der Waals surface area contributed by atoms with Gasteiger partial charge in [0, 0.05) is 34.6 Å². The molecule has 3 aromatic heterocycles. The second-order valence-corrected chi connectivity index (χ2v) is 10.3. The summed E-state index contributed by atoms with van der Waals surface area (Å²) in [4.78, 5) is 14.9. The Labute approximate surface area is 237 Å². The third-order valence-electron chi connectivity index (χ3n) is 7.62. The molecule has 41 heavy (non-hydrogen) atoms. The largest absolute Gasteiger partial charge is 0.306 e. The minimum absolute atomic E-state index is 0.695. The van der Waals surface area contributed by atoms with E-state index in [1.807, 2.05) is 28.8 Å². The predicted molar refractivity (Wildman–Crippen MR) is 168 cm³/mol. The van der Waals surface area contributed by atoms with Gasteiger partial charge in [0.05, 0.1) is 17.1 Å². The van der Waals surface area contributed by atoms with E-state index in [2.05, 4.69) is 121 Å². The molecule has 8 aromatic rings. The van der Waals surface area contributed by atoms with Crippen LogP contribution in [0.15, 0.2) is 146 Å². The van der Waals surface area contributed by atoms with Crippen LogP contribution in [0.3, 0.4) is 0 Å². The van der Waals surface area contributed by atoms with E-state index in [1.54, 1.807) is 0 Å². The molecule has 0 aliphatic carbocycles. The Kier molecular flexibility index (Phi) is 5.42. The molecule has 0 aliphatic rings. The summed E-state index contributed by atoms with van der Waals surface area (Å²) >= 11 is 0. The van der Waals surface area contributed by atoms with Gasteiger partial charge in [0.1, 0.15) is 5.65 Å². The van der Waals surface area contributed by atoms with Gasteiger partial charge in [-0.25, -0.2) is 15.0 Å². The van der Waals surface area contributed by atoms with Crippen LogP contribution in [-0.2, 0) is 0 Å². The zero-order chi connectivity index (χ0) is 27.2. The highest BCUT2D eigenvalue weighted by atomic mass is 15.0. The van der Waals surface area contributed by atoms with Gasteiger partial charge in [0.25, 0.3) is 0 Å². The van der Waals surface area contributed by atoms with Crippen LogP contribution in [0.2, 0.25) is 0 Å². The Morgan fingerprint density at radius 2 is 0.927 bits per heavy atom. The summed E-state index contributed by atoms with van der Waals surface area (Å²) < 4.78 is 2.04. The van der Waals surface area contributed by atoms with Crippen molar-refractivity contribution in [1.29, 1.82) is 0 Å². The Morgan fingerprint density at radius 1 is 0.390 bits per heavy atom. The molecule has 0 amide bonds. The molecule has 0 atom stereocenters. The highest BCUT2D eigenvalue weighted by molar-refractivity contribution is 5.89. The highest BCUT2D eigenvalue weighted by Gasteiger charge is 2.13. The summed E-state index contributed by atoms with van der Waals surface area (Å²) in [6.45, 7) is 0. The third kappa shape index (κ3) is 4.32. The molecule has 3 heterocycles. The maximum Gasteiger partial charge on any atom is 0.160 e. The fraction of sp³-hybridized carbons (Fsp3) is 0. The summed E-state index contributed by atoms with van der Waals surface area (Å²) in [5.41, 5.74) is 7.80. The fourth-order valence-electron chi connectivity index (χ4n) is 5.43. The molecule has 5 aromatic carbocycles. The van der Waals surface area contributed by atoms with E-state index in [0.29, 0.717) is 5.82 Å². The molecule has 4 nitrogen and oxygen atoms in total. The highest BCUT2D eigenvalue weighted by Crippen LogP contribution is 2.31. The van der Waals surface area contributed by atoms with Crippen LogP contribution in [-0.4, -0.2) is 19.4 Å². The van der Waals surface area contributed by atoms with E-state index in [1.165, 1.54) is 21.5 Å². The van der Waals surface area contributed by atoms with Crippen molar-refractivity contribution >= 4 is 27.2 Å². The van der Waals surface area contributed by atoms with Crippen LogP contribution in [0.25, 0.3) is 72.4 Å². The van der Waals surface area contributed by atoms with E-state index in [-0.39, 0.29) is 0 Å². The Hall–Kier alpha value is -5.61. The molecular formula is C37H24N4. The van der Waals surface area contributed by atoms with Crippen molar-refractivity contribution in [2.24, 2.45) is 0 Å². The molecule has 4 heteroatoms. The SMILES string of the molecule is c1ccc2cc(-c3cc(-c4ccc5ccccc5c4)nc(-c4ccc(-c5cn6ccccc6n5)cc4)n3)ccc2c1. The maximum absolute atomic E-state index is 5.07. The summed E-state index contributed by atoms with van der Waals surface area (Å²) in [6, 6.07) is 46.3. The van der Waals surface area contributed by atoms with Crippen LogP contribution in [0.5, 0.6) is 0 Å². The van der Waals surface area contributed by atoms with E-state index >= 15 is 0 Å². The number of imidazole rings is 1. The van der Waals surface area contributed by atoms with Crippen molar-refractivity contribution in [3.63, 3.8) is 0 Å². The topological polar surface area (TPSA) is 43.1 Å². The smallest absolute Gasteiger partial charge is 0.160 e. The van der Waals surface area contributed by atoms with Gasteiger partial charge < -0.3 is 4.40 Å². The molecule has 0 radical (unpaired) electrons. The number of nitrogens with zero attached hydrogens (tertiary/aromatic N) is 4. The molecule has 0 saturated carbocycles. The quantitative estimate of drug-likeness (QED) is 0.231. The average Bonchev–Trinajstić information content (AvgIpc) is 3.49. The Balaban J connectivity index is 1.25. The van der Waals surface area contributed by atoms with Gasteiger partial charge in [0.15, 0.2) is 5.82 Å². The van der Waals surface area contributed by atoms with Crippen molar-refractivity contribution in [1.82, 2.24) is 19.4 Å². The van der Waals surface area contributed by atoms with Crippen molar-refractivity contribution in [2.75, 3.05) is 0 Å². The standard InChI is InChI=1S/C37H24N4/c1-3-9-29-21-31(18-12-25(29)7-1)33-23-34(32-19-13-26-8-2-4-10-30(26)22-32)40-37(39-33)28-16-14-27(15-17-28)35-24-41-20-6-5-11-36(41)38-35/h1-24H. The minimum atomic E-state index is 0.695. The van der Waals surface area contributed by atoms with E-state index in [9.17, 15) is 0 Å². The lowest BCUT2D eigenvalue weighted by molar-refractivity contribution is 1.18. The second kappa shape index (κ2) is 9.54. The third-order valence-corrected chi connectivity index (χ3v) is 7.62. The van der Waals surface area contributed by atoms with E-state index in [4.69, 9.17) is 15.0 Å². The molecule has 0 fully saturated rings. The summed E-state index contributed by atoms with van der Waals surface area (Å²) in [7, 11) is 0. The number of hydrogen-bond acceptors (Lipinski definition) is 3. The zero-order valence-electron chi connectivity index (χ0n) is 22.1. The van der Waals surface area contributed by atoms with Gasteiger partial charge in [-0.2, -0.15) is 0 Å². The first-order chi connectivity index (χ1) is 20.3. The van der Waals surface area contributed by atoms with Gasteiger partial charge in [-0.1, -0.05) is 103 Å². The molecule has 8 rings (SSSR count). The first-order valence-electron chi connectivity index (χ1n) is 13.7. The lowest BCUT2D eigenvalue weighted by Gasteiger charge is -2.11. The van der Waals surface area contributed by atoms with Crippen LogP contribution >= 0.6 is 0 Å². The van der Waals surface area contributed by atoms with Crippen LogP contribution in [0.1, 0.15) is 0 Å². The first-order valence-corrected chi connectivity index (χ1v) is 13.7. The van der Waals surface area contributed by atoms with E-state index in [0.717, 1.165) is 45.0 Å². The van der Waals surface area contributed by atoms with Gasteiger partial charge in [-0.15, -0.1) is 0 Å². The Bertz CT molecular complexity index is 2080. The van der Waals surface area contributed by atoms with Crippen LogP contribution in [0, 0.1) is 0 Å². The normalized spacial score (nSPS) is 11.4. The molecule has 0 bridgehead atoms. The summed E-state index contributed by atoms with van der Waals surface area (Å²) in [6.07, 6.45) is 4.07. The molecule has 0 saturated heterocycles. The van der Waals surface area contributed by atoms with Gasteiger partial charge in [-0.05, 0) is 51.9 Å². The van der Waals surface area contributed by atoms with Crippen molar-refractivity contribution < 1.29 is 0 Å². The minimum Gasteiger partial charge on any atom is -0.306 e. The molecule has 0 unspecified atom stereocenters. The zero-order valence-corrected chi connectivity index (χ0v) is 22.1. The van der Waals surface area contributed by atoms with Crippen molar-refractivity contribution in [3.05, 3.63) is 146 Å². The average molecular weight is 525 g/mol. The molecule has 0 aliphatic heterocycles. The second-order valence-electron chi connectivity index (χ2n) is 10.3. The summed E-state index contributed by atoms with van der Waals surface area (Å²) in [5.74, 6) is 0.695.